The third-order valence-electron chi connectivity index (χ3n) is 7.16. The predicted octanol–water partition coefficient (Wildman–Crippen LogP) is 1.34. The average Bonchev–Trinajstić information content (AvgIpc) is 2.42. The first-order chi connectivity index (χ1) is 11.9. The van der Waals surface area contributed by atoms with E-state index in [1.165, 1.54) is 30.6 Å². The molecule has 4 aliphatic carbocycles. The fourth-order valence-electron chi connectivity index (χ4n) is 7.00. The molecule has 3 amide bonds. The largest absolute Gasteiger partial charge is 0.332 e. The lowest BCUT2D eigenvalue weighted by molar-refractivity contribution is -0.904. The Morgan fingerprint density at radius 2 is 1.44 bits per heavy atom. The van der Waals surface area contributed by atoms with Crippen molar-refractivity contribution < 1.29 is 14.5 Å². The molecule has 4 saturated carbocycles. The molecule has 1 aliphatic heterocycles. The summed E-state index contributed by atoms with van der Waals surface area (Å²) in [7, 11) is 0. The molecule has 0 aromatic heterocycles. The number of rotatable bonds is 3. The average molecular weight is 349 g/mol. The first-order valence-corrected chi connectivity index (χ1v) is 10.3. The number of carbonyl (C=O) groups excluding carboxylic acids is 2. The molecule has 25 heavy (non-hydrogen) atoms. The summed E-state index contributed by atoms with van der Waals surface area (Å²) in [4.78, 5) is 26.1. The number of nitrogens with one attached hydrogen (secondary N) is 3. The Morgan fingerprint density at radius 1 is 0.920 bits per heavy atom. The summed E-state index contributed by atoms with van der Waals surface area (Å²) in [5, 5.41) is 5.85. The highest BCUT2D eigenvalue weighted by Gasteiger charge is 2.51. The van der Waals surface area contributed by atoms with E-state index in [-0.39, 0.29) is 17.5 Å². The van der Waals surface area contributed by atoms with Crippen LogP contribution in [0.4, 0.5) is 4.79 Å². The molecule has 5 nitrogen and oxygen atoms in total. The van der Waals surface area contributed by atoms with Gasteiger partial charge in [0.15, 0.2) is 6.54 Å². The molecule has 0 spiro atoms. The van der Waals surface area contributed by atoms with Gasteiger partial charge in [-0.05, 0) is 62.7 Å². The smallest absolute Gasteiger partial charge is 0.322 e. The van der Waals surface area contributed by atoms with Crippen LogP contribution in [-0.4, -0.2) is 37.1 Å². The van der Waals surface area contributed by atoms with E-state index in [1.54, 1.807) is 0 Å². The van der Waals surface area contributed by atoms with Gasteiger partial charge in [-0.3, -0.25) is 10.1 Å². The lowest BCUT2D eigenvalue weighted by Gasteiger charge is -2.56. The summed E-state index contributed by atoms with van der Waals surface area (Å²) in [6, 6.07) is -0.260. The van der Waals surface area contributed by atoms with Crippen molar-refractivity contribution in [1.29, 1.82) is 0 Å². The van der Waals surface area contributed by atoms with Crippen LogP contribution in [0.15, 0.2) is 0 Å². The number of piperidine rings is 1. The third kappa shape index (κ3) is 3.86. The van der Waals surface area contributed by atoms with Crippen LogP contribution < -0.4 is 15.5 Å². The standard InChI is InChI=1S/C20H33N3O2/c1-13-3-14(2)11-23(10-13)12-18(24)21-19(25)22-20-7-15-4-16(8-20)6-17(5-15)9-20/h13-17H,3-12H2,1-2H3,(H2,21,22,24,25)/p+1/t13-,14-,15?,16?,17?,20?/m1/s1. The summed E-state index contributed by atoms with van der Waals surface area (Å²) in [5.74, 6) is 3.58. The van der Waals surface area contributed by atoms with Crippen molar-refractivity contribution in [2.24, 2.45) is 29.6 Å². The second kappa shape index (κ2) is 6.57. The van der Waals surface area contributed by atoms with Gasteiger partial charge in [-0.2, -0.15) is 0 Å². The van der Waals surface area contributed by atoms with E-state index in [9.17, 15) is 9.59 Å². The molecule has 5 fully saturated rings. The van der Waals surface area contributed by atoms with Crippen molar-refractivity contribution in [3.05, 3.63) is 0 Å². The molecular weight excluding hydrogens is 314 g/mol. The van der Waals surface area contributed by atoms with Crippen LogP contribution in [0.5, 0.6) is 0 Å². The van der Waals surface area contributed by atoms with Gasteiger partial charge >= 0.3 is 6.03 Å². The van der Waals surface area contributed by atoms with Gasteiger partial charge < -0.3 is 10.2 Å². The van der Waals surface area contributed by atoms with Crippen LogP contribution in [0.25, 0.3) is 0 Å². The Kier molecular flexibility index (Phi) is 4.55. The monoisotopic (exact) mass is 348 g/mol. The molecule has 5 aliphatic rings. The van der Waals surface area contributed by atoms with Crippen molar-refractivity contribution >= 4 is 11.9 Å². The number of urea groups is 1. The van der Waals surface area contributed by atoms with E-state index in [0.717, 1.165) is 50.1 Å². The SMILES string of the molecule is C[C@@H]1C[C@@H](C)C[NH+](CC(=O)NC(=O)NC23CC4CC(CC(C4)C2)C3)C1. The minimum atomic E-state index is -0.260. The Hall–Kier alpha value is -1.10. The fourth-order valence-corrected chi connectivity index (χ4v) is 7.00. The van der Waals surface area contributed by atoms with Crippen molar-refractivity contribution in [1.82, 2.24) is 10.6 Å². The van der Waals surface area contributed by atoms with Crippen molar-refractivity contribution in [3.8, 4) is 0 Å². The molecule has 0 aromatic carbocycles. The number of hydrogen-bond acceptors (Lipinski definition) is 2. The summed E-state index contributed by atoms with van der Waals surface area (Å²) in [5.41, 5.74) is -0.0277. The van der Waals surface area contributed by atoms with Gasteiger partial charge in [-0.15, -0.1) is 0 Å². The Labute approximate surface area is 151 Å². The van der Waals surface area contributed by atoms with Gasteiger partial charge in [0.1, 0.15) is 0 Å². The zero-order valence-corrected chi connectivity index (χ0v) is 15.8. The van der Waals surface area contributed by atoms with Crippen LogP contribution in [0.2, 0.25) is 0 Å². The molecule has 2 atom stereocenters. The summed E-state index contributed by atoms with van der Waals surface area (Å²) in [6.07, 6.45) is 8.67. The minimum absolute atomic E-state index is 0.0277. The lowest BCUT2D eigenvalue weighted by atomic mass is 9.53. The molecule has 3 N–H and O–H groups in total. The van der Waals surface area contributed by atoms with Gasteiger partial charge in [-0.25, -0.2) is 4.79 Å². The van der Waals surface area contributed by atoms with Gasteiger partial charge in [0.05, 0.1) is 13.1 Å². The van der Waals surface area contributed by atoms with Gasteiger partial charge in [0, 0.05) is 17.4 Å². The van der Waals surface area contributed by atoms with Gasteiger partial charge in [0.25, 0.3) is 5.91 Å². The minimum Gasteiger partial charge on any atom is -0.332 e. The molecule has 1 saturated heterocycles. The summed E-state index contributed by atoms with van der Waals surface area (Å²) >= 11 is 0. The lowest BCUT2D eigenvalue weighted by Crippen LogP contribution is -3.15. The molecular formula is C20H34N3O2+. The molecule has 0 unspecified atom stereocenters. The maximum atomic E-state index is 12.5. The molecule has 4 bridgehead atoms. The number of carbonyl (C=O) groups is 2. The maximum Gasteiger partial charge on any atom is 0.322 e. The zero-order valence-electron chi connectivity index (χ0n) is 15.8. The van der Waals surface area contributed by atoms with E-state index >= 15 is 0 Å². The first-order valence-electron chi connectivity index (χ1n) is 10.3. The van der Waals surface area contributed by atoms with Crippen LogP contribution in [-0.2, 0) is 4.79 Å². The normalized spacial score (nSPS) is 45.2. The topological polar surface area (TPSA) is 62.6 Å². The van der Waals surface area contributed by atoms with E-state index in [1.807, 2.05) is 0 Å². The Balaban J connectivity index is 1.28. The predicted molar refractivity (Wildman–Crippen MR) is 96.1 cm³/mol. The molecule has 140 valence electrons. The van der Waals surface area contributed by atoms with Gasteiger partial charge in [0.2, 0.25) is 0 Å². The molecule has 5 heteroatoms. The van der Waals surface area contributed by atoms with Crippen LogP contribution in [0, 0.1) is 29.6 Å². The third-order valence-corrected chi connectivity index (χ3v) is 7.16. The Morgan fingerprint density at radius 3 is 1.96 bits per heavy atom. The molecule has 5 rings (SSSR count). The number of imide groups is 1. The molecule has 1 heterocycles. The Bertz CT molecular complexity index is 502. The fraction of sp³-hybridized carbons (Fsp3) is 0.900. The van der Waals surface area contributed by atoms with E-state index in [4.69, 9.17) is 0 Å². The van der Waals surface area contributed by atoms with E-state index in [2.05, 4.69) is 24.5 Å². The van der Waals surface area contributed by atoms with Gasteiger partial charge in [-0.1, -0.05) is 13.8 Å². The van der Waals surface area contributed by atoms with Crippen LogP contribution in [0.3, 0.4) is 0 Å². The number of hydrogen-bond donors (Lipinski definition) is 3. The second-order valence-corrected chi connectivity index (χ2v) is 9.98. The number of amides is 3. The number of likely N-dealkylation sites (tertiary alicyclic amines) is 1. The quantitative estimate of drug-likeness (QED) is 0.721. The molecule has 0 aromatic rings. The van der Waals surface area contributed by atoms with Crippen molar-refractivity contribution in [2.75, 3.05) is 19.6 Å². The first kappa shape index (κ1) is 17.3. The van der Waals surface area contributed by atoms with Crippen LogP contribution in [0.1, 0.15) is 58.8 Å². The second-order valence-electron chi connectivity index (χ2n) is 9.98. The van der Waals surface area contributed by atoms with E-state index < -0.39 is 0 Å². The highest BCUT2D eigenvalue weighted by Crippen LogP contribution is 2.55. The highest BCUT2D eigenvalue weighted by molar-refractivity contribution is 5.95. The maximum absolute atomic E-state index is 12.5. The van der Waals surface area contributed by atoms with Crippen molar-refractivity contribution in [2.45, 2.75) is 64.3 Å². The zero-order chi connectivity index (χ0) is 17.6. The highest BCUT2D eigenvalue weighted by atomic mass is 16.2. The summed E-state index contributed by atoms with van der Waals surface area (Å²) < 4.78 is 0. The van der Waals surface area contributed by atoms with Crippen molar-refractivity contribution in [3.63, 3.8) is 0 Å². The molecule has 0 radical (unpaired) electrons. The van der Waals surface area contributed by atoms with Crippen LogP contribution >= 0.6 is 0 Å². The number of quaternary nitrogens is 1. The summed E-state index contributed by atoms with van der Waals surface area (Å²) in [6.45, 7) is 7.01. The van der Waals surface area contributed by atoms with E-state index in [0.29, 0.717) is 18.4 Å².